The lowest BCUT2D eigenvalue weighted by molar-refractivity contribution is -0.139. The standard InChI is InChI=1S/C41H40N8O4/c1-53-41(52)47-32-16-12-29-13-17-36(49(29)40(32)51)39-44-31-15-11-28(22-34(31)46-39)26-8-6-25(7-9-26)27-10-14-30-33(21-27)45-38(43-30)35-5-3-19-48(35)37(50)20-24-4-2-18-42-23-24/h2,4,6-11,14-15,18,21-23,29,32,35-36H,3,5,12-13,16-17,19-20H2,1H3,(H,43,45)(H,44,46)(H,47,52)/t29-,32-,35-,36-/m0/s1. The lowest BCUT2D eigenvalue weighted by atomic mass is 9.98. The summed E-state index contributed by atoms with van der Waals surface area (Å²) in [5.74, 6) is 1.62. The van der Waals surface area contributed by atoms with Gasteiger partial charge in [-0.15, -0.1) is 0 Å². The van der Waals surface area contributed by atoms with E-state index in [2.05, 4.69) is 68.8 Å². The SMILES string of the molecule is COC(=O)N[C@H]1CC[C@H]2CC[C@@H](c3nc4ccc(-c5ccc(-c6ccc7nc([C@@H]8CCCN8C(=O)Cc8cccnc8)[nH]c7c6)cc5)cc4[nH]3)N2C1=O. The smallest absolute Gasteiger partial charge is 0.407 e. The van der Waals surface area contributed by atoms with E-state index in [0.29, 0.717) is 12.8 Å². The van der Waals surface area contributed by atoms with Crippen LogP contribution in [0.4, 0.5) is 4.79 Å². The summed E-state index contributed by atoms with van der Waals surface area (Å²) in [6.07, 6.45) is 8.24. The highest BCUT2D eigenvalue weighted by Gasteiger charge is 2.45. The molecular formula is C41H40N8O4. The Labute approximate surface area is 306 Å². The molecule has 3 aromatic carbocycles. The van der Waals surface area contributed by atoms with Crippen molar-refractivity contribution in [2.45, 2.75) is 69.1 Å². The number of carbonyl (C=O) groups is 3. The molecular weight excluding hydrogens is 669 g/mol. The van der Waals surface area contributed by atoms with E-state index in [-0.39, 0.29) is 29.9 Å². The van der Waals surface area contributed by atoms with Crippen molar-refractivity contribution in [3.63, 3.8) is 0 Å². The van der Waals surface area contributed by atoms with Gasteiger partial charge in [0.05, 0.1) is 47.7 Å². The van der Waals surface area contributed by atoms with E-state index in [4.69, 9.17) is 14.7 Å². The number of alkyl carbamates (subject to hydrolysis) is 1. The molecule has 4 atom stereocenters. The van der Waals surface area contributed by atoms with E-state index in [1.54, 1.807) is 12.4 Å². The summed E-state index contributed by atoms with van der Waals surface area (Å²) in [4.78, 5) is 63.4. The number of rotatable bonds is 7. The maximum atomic E-state index is 13.4. The monoisotopic (exact) mass is 708 g/mol. The highest BCUT2D eigenvalue weighted by atomic mass is 16.5. The van der Waals surface area contributed by atoms with Crippen LogP contribution in [0.15, 0.2) is 85.2 Å². The molecule has 0 saturated carbocycles. The molecule has 3 N–H and O–H groups in total. The van der Waals surface area contributed by atoms with Crippen LogP contribution < -0.4 is 5.32 Å². The molecule has 53 heavy (non-hydrogen) atoms. The second-order valence-corrected chi connectivity index (χ2v) is 14.3. The summed E-state index contributed by atoms with van der Waals surface area (Å²) in [5, 5.41) is 2.70. The first-order chi connectivity index (χ1) is 25.9. The fourth-order valence-corrected chi connectivity index (χ4v) is 8.48. The number of likely N-dealkylation sites (tertiary alicyclic amines) is 1. The Morgan fingerprint density at radius 3 is 2.09 bits per heavy atom. The van der Waals surface area contributed by atoms with Gasteiger partial charge in [0.1, 0.15) is 17.7 Å². The Morgan fingerprint density at radius 1 is 0.811 bits per heavy atom. The fraction of sp³-hybridized carbons (Fsp3) is 0.317. The van der Waals surface area contributed by atoms with Crippen LogP contribution in [0.1, 0.15) is 67.8 Å². The van der Waals surface area contributed by atoms with Crippen molar-refractivity contribution in [3.05, 3.63) is 102 Å². The van der Waals surface area contributed by atoms with E-state index in [9.17, 15) is 14.4 Å². The van der Waals surface area contributed by atoms with Crippen LogP contribution >= 0.6 is 0 Å². The minimum atomic E-state index is -0.589. The Kier molecular flexibility index (Phi) is 8.36. The molecule has 9 rings (SSSR count). The number of fused-ring (bicyclic) bond motifs is 3. The van der Waals surface area contributed by atoms with Gasteiger partial charge in [-0.25, -0.2) is 14.8 Å². The van der Waals surface area contributed by atoms with Crippen molar-refractivity contribution < 1.29 is 19.1 Å². The third kappa shape index (κ3) is 6.17. The molecule has 3 aromatic heterocycles. The number of hydrogen-bond donors (Lipinski definition) is 3. The predicted octanol–water partition coefficient (Wildman–Crippen LogP) is 6.62. The molecule has 3 aliphatic heterocycles. The number of amides is 3. The van der Waals surface area contributed by atoms with Crippen LogP contribution in [0.25, 0.3) is 44.3 Å². The van der Waals surface area contributed by atoms with Crippen LogP contribution in [0.2, 0.25) is 0 Å². The molecule has 0 spiro atoms. The van der Waals surface area contributed by atoms with Gasteiger partial charge in [0.25, 0.3) is 0 Å². The minimum absolute atomic E-state index is 0.0670. The number of aromatic amines is 2. The quantitative estimate of drug-likeness (QED) is 0.169. The van der Waals surface area contributed by atoms with Crippen molar-refractivity contribution in [1.29, 1.82) is 0 Å². The largest absolute Gasteiger partial charge is 0.453 e. The summed E-state index contributed by atoms with van der Waals surface area (Å²) >= 11 is 0. The number of methoxy groups -OCH3 is 1. The zero-order valence-electron chi connectivity index (χ0n) is 29.4. The zero-order valence-corrected chi connectivity index (χ0v) is 29.4. The van der Waals surface area contributed by atoms with Crippen LogP contribution in [0.5, 0.6) is 0 Å². The molecule has 12 nitrogen and oxygen atoms in total. The number of piperidine rings is 1. The maximum absolute atomic E-state index is 13.4. The number of carbonyl (C=O) groups excluding carboxylic acids is 3. The van der Waals surface area contributed by atoms with Crippen molar-refractivity contribution in [3.8, 4) is 22.3 Å². The molecule has 6 heterocycles. The van der Waals surface area contributed by atoms with Crippen LogP contribution in [-0.4, -0.2) is 78.4 Å². The van der Waals surface area contributed by atoms with Gasteiger partial charge in [0.2, 0.25) is 11.8 Å². The van der Waals surface area contributed by atoms with Crippen LogP contribution in [-0.2, 0) is 20.7 Å². The first-order valence-corrected chi connectivity index (χ1v) is 18.4. The zero-order chi connectivity index (χ0) is 36.1. The van der Waals surface area contributed by atoms with E-state index in [1.165, 1.54) is 7.11 Å². The molecule has 6 aromatic rings. The number of ether oxygens (including phenoxy) is 1. The van der Waals surface area contributed by atoms with Gasteiger partial charge in [0, 0.05) is 25.0 Å². The number of hydrogen-bond acceptors (Lipinski definition) is 7. The number of H-pyrrole nitrogens is 2. The van der Waals surface area contributed by atoms with E-state index in [0.717, 1.165) is 100 Å². The van der Waals surface area contributed by atoms with E-state index < -0.39 is 12.1 Å². The highest BCUT2D eigenvalue weighted by molar-refractivity contribution is 5.88. The first kappa shape index (κ1) is 32.8. The Balaban J connectivity index is 0.907. The third-order valence-electron chi connectivity index (χ3n) is 11.2. The molecule has 12 heteroatoms. The van der Waals surface area contributed by atoms with Gasteiger partial charge in [0.15, 0.2) is 0 Å². The minimum Gasteiger partial charge on any atom is -0.453 e. The Morgan fingerprint density at radius 2 is 1.45 bits per heavy atom. The maximum Gasteiger partial charge on any atom is 0.407 e. The van der Waals surface area contributed by atoms with Gasteiger partial charge in [-0.05, 0) is 96.7 Å². The Bertz CT molecular complexity index is 2340. The summed E-state index contributed by atoms with van der Waals surface area (Å²) in [6, 6.07) is 24.1. The molecule has 0 aliphatic carbocycles. The molecule has 3 amide bonds. The highest BCUT2D eigenvalue weighted by Crippen LogP contribution is 2.41. The summed E-state index contributed by atoms with van der Waals surface area (Å²) in [7, 11) is 1.31. The van der Waals surface area contributed by atoms with Crippen molar-refractivity contribution in [1.82, 2.24) is 40.0 Å². The summed E-state index contributed by atoms with van der Waals surface area (Å²) in [5.41, 5.74) is 8.83. The van der Waals surface area contributed by atoms with Crippen LogP contribution in [0, 0.1) is 0 Å². The van der Waals surface area contributed by atoms with Crippen LogP contribution in [0.3, 0.4) is 0 Å². The summed E-state index contributed by atoms with van der Waals surface area (Å²) in [6.45, 7) is 0.728. The number of aromatic nitrogens is 5. The molecule has 3 saturated heterocycles. The molecule has 0 radical (unpaired) electrons. The van der Waals surface area contributed by atoms with Gasteiger partial charge in [-0.1, -0.05) is 42.5 Å². The number of nitrogens with zero attached hydrogens (tertiary/aromatic N) is 5. The lowest BCUT2D eigenvalue weighted by Gasteiger charge is -2.37. The molecule has 268 valence electrons. The number of imidazole rings is 2. The number of pyridine rings is 1. The van der Waals surface area contributed by atoms with Gasteiger partial charge in [-0.2, -0.15) is 0 Å². The van der Waals surface area contributed by atoms with E-state index in [1.807, 2.05) is 34.1 Å². The topological polar surface area (TPSA) is 149 Å². The van der Waals surface area contributed by atoms with Gasteiger partial charge in [-0.3, -0.25) is 14.6 Å². The number of benzene rings is 3. The predicted molar refractivity (Wildman–Crippen MR) is 199 cm³/mol. The van der Waals surface area contributed by atoms with E-state index >= 15 is 0 Å². The lowest BCUT2D eigenvalue weighted by Crippen LogP contribution is -2.54. The first-order valence-electron chi connectivity index (χ1n) is 18.4. The Hall–Kier alpha value is -6.04. The molecule has 3 fully saturated rings. The molecule has 0 bridgehead atoms. The number of nitrogens with one attached hydrogen (secondary N) is 3. The van der Waals surface area contributed by atoms with Crippen molar-refractivity contribution >= 4 is 40.0 Å². The second-order valence-electron chi connectivity index (χ2n) is 14.3. The third-order valence-corrected chi connectivity index (χ3v) is 11.2. The average Bonchev–Trinajstić information content (AvgIpc) is 4.00. The fourth-order valence-electron chi connectivity index (χ4n) is 8.48. The summed E-state index contributed by atoms with van der Waals surface area (Å²) < 4.78 is 4.74. The second kappa shape index (κ2) is 13.5. The van der Waals surface area contributed by atoms with Crippen molar-refractivity contribution in [2.75, 3.05) is 13.7 Å². The van der Waals surface area contributed by atoms with Gasteiger partial charge >= 0.3 is 6.09 Å². The van der Waals surface area contributed by atoms with Gasteiger partial charge < -0.3 is 29.8 Å². The normalized spacial score (nSPS) is 21.3. The molecule has 3 aliphatic rings. The average molecular weight is 709 g/mol. The molecule has 0 unspecified atom stereocenters. The van der Waals surface area contributed by atoms with Crippen molar-refractivity contribution in [2.24, 2.45) is 0 Å².